The maximum Gasteiger partial charge on any atom is 0.251 e. The van der Waals surface area contributed by atoms with E-state index in [9.17, 15) is 9.59 Å². The number of ether oxygens (including phenoxy) is 2. The van der Waals surface area contributed by atoms with Crippen LogP contribution in [0.1, 0.15) is 47.3 Å². The molecule has 0 bridgehead atoms. The number of anilines is 1. The molecule has 2 aromatic carbocycles. The summed E-state index contributed by atoms with van der Waals surface area (Å²) >= 11 is 0. The monoisotopic (exact) mass is 368 g/mol. The standard InChI is InChI=1S/C21H24N2O4/c1-13(14-8-10-18(26-2)19(12-14)27-3)22-21(25)16-7-9-17-15(11-16)5-4-6-20(24)23-17/h7-13H,4-6H2,1-3H3,(H,22,25)(H,23,24). The van der Waals surface area contributed by atoms with E-state index in [1.54, 1.807) is 26.4 Å². The second-order valence-corrected chi connectivity index (χ2v) is 6.58. The summed E-state index contributed by atoms with van der Waals surface area (Å²) in [6.45, 7) is 1.92. The van der Waals surface area contributed by atoms with Crippen LogP contribution in [0.25, 0.3) is 0 Å². The molecule has 0 radical (unpaired) electrons. The van der Waals surface area contributed by atoms with Crippen molar-refractivity contribution < 1.29 is 19.1 Å². The third-order valence-electron chi connectivity index (χ3n) is 4.75. The Morgan fingerprint density at radius 1 is 1.07 bits per heavy atom. The van der Waals surface area contributed by atoms with Gasteiger partial charge in [0.15, 0.2) is 11.5 Å². The molecule has 0 fully saturated rings. The normalized spacial score (nSPS) is 14.4. The Balaban J connectivity index is 1.75. The van der Waals surface area contributed by atoms with E-state index in [1.807, 2.05) is 31.2 Å². The van der Waals surface area contributed by atoms with E-state index in [1.165, 1.54) is 0 Å². The molecular formula is C21H24N2O4. The zero-order valence-electron chi connectivity index (χ0n) is 15.8. The van der Waals surface area contributed by atoms with Crippen molar-refractivity contribution in [3.63, 3.8) is 0 Å². The minimum atomic E-state index is -0.198. The van der Waals surface area contributed by atoms with Crippen LogP contribution in [-0.4, -0.2) is 26.0 Å². The number of nitrogens with one attached hydrogen (secondary N) is 2. The van der Waals surface area contributed by atoms with Crippen LogP contribution < -0.4 is 20.1 Å². The lowest BCUT2D eigenvalue weighted by molar-refractivity contribution is -0.116. The van der Waals surface area contributed by atoms with Crippen molar-refractivity contribution in [3.05, 3.63) is 53.1 Å². The third kappa shape index (κ3) is 4.22. The predicted molar refractivity (Wildman–Crippen MR) is 103 cm³/mol. The number of hydrogen-bond donors (Lipinski definition) is 2. The molecule has 1 heterocycles. The number of benzene rings is 2. The van der Waals surface area contributed by atoms with Gasteiger partial charge in [0.2, 0.25) is 5.91 Å². The average Bonchev–Trinajstić information content (AvgIpc) is 2.87. The number of carbonyl (C=O) groups excluding carboxylic acids is 2. The molecule has 2 aromatic rings. The maximum atomic E-state index is 12.7. The van der Waals surface area contributed by atoms with E-state index in [2.05, 4.69) is 10.6 Å². The average molecular weight is 368 g/mol. The fourth-order valence-corrected chi connectivity index (χ4v) is 3.20. The van der Waals surface area contributed by atoms with Crippen molar-refractivity contribution in [3.8, 4) is 11.5 Å². The number of aryl methyl sites for hydroxylation is 1. The quantitative estimate of drug-likeness (QED) is 0.847. The number of carbonyl (C=O) groups is 2. The summed E-state index contributed by atoms with van der Waals surface area (Å²) in [7, 11) is 3.17. The lowest BCUT2D eigenvalue weighted by atomic mass is 10.0. The van der Waals surface area contributed by atoms with Gasteiger partial charge >= 0.3 is 0 Å². The second kappa shape index (κ2) is 8.12. The van der Waals surface area contributed by atoms with Crippen LogP contribution in [0, 0.1) is 0 Å². The van der Waals surface area contributed by atoms with E-state index < -0.39 is 0 Å². The molecular weight excluding hydrogens is 344 g/mol. The van der Waals surface area contributed by atoms with Crippen molar-refractivity contribution in [1.29, 1.82) is 0 Å². The largest absolute Gasteiger partial charge is 0.493 e. The molecule has 0 spiro atoms. The van der Waals surface area contributed by atoms with Crippen LogP contribution in [0.4, 0.5) is 5.69 Å². The van der Waals surface area contributed by atoms with E-state index in [-0.39, 0.29) is 17.9 Å². The highest BCUT2D eigenvalue weighted by Gasteiger charge is 2.17. The zero-order chi connectivity index (χ0) is 19.4. The van der Waals surface area contributed by atoms with Crippen LogP contribution in [0.2, 0.25) is 0 Å². The summed E-state index contributed by atoms with van der Waals surface area (Å²) in [5, 5.41) is 5.89. The van der Waals surface area contributed by atoms with Crippen LogP contribution in [0.15, 0.2) is 36.4 Å². The van der Waals surface area contributed by atoms with Gasteiger partial charge < -0.3 is 20.1 Å². The van der Waals surface area contributed by atoms with Crippen LogP contribution in [0.3, 0.4) is 0 Å². The topological polar surface area (TPSA) is 76.7 Å². The molecule has 1 unspecified atom stereocenters. The first-order valence-electron chi connectivity index (χ1n) is 8.97. The Labute approximate surface area is 158 Å². The first-order valence-corrected chi connectivity index (χ1v) is 8.97. The minimum Gasteiger partial charge on any atom is -0.493 e. The molecule has 0 saturated heterocycles. The molecule has 2 N–H and O–H groups in total. The lowest BCUT2D eigenvalue weighted by Gasteiger charge is -2.17. The number of hydrogen-bond acceptors (Lipinski definition) is 4. The Bertz CT molecular complexity index is 863. The van der Waals surface area contributed by atoms with Gasteiger partial charge in [0.05, 0.1) is 20.3 Å². The highest BCUT2D eigenvalue weighted by molar-refractivity contribution is 5.97. The summed E-state index contributed by atoms with van der Waals surface area (Å²) in [5.41, 5.74) is 3.29. The van der Waals surface area contributed by atoms with Gasteiger partial charge in [-0.1, -0.05) is 6.07 Å². The van der Waals surface area contributed by atoms with Crippen LogP contribution >= 0.6 is 0 Å². The first kappa shape index (κ1) is 18.8. The summed E-state index contributed by atoms with van der Waals surface area (Å²) in [4.78, 5) is 24.3. The van der Waals surface area contributed by atoms with Crippen molar-refractivity contribution in [2.75, 3.05) is 19.5 Å². The third-order valence-corrected chi connectivity index (χ3v) is 4.75. The first-order chi connectivity index (χ1) is 13.0. The number of methoxy groups -OCH3 is 2. The van der Waals surface area contributed by atoms with Crippen LogP contribution in [-0.2, 0) is 11.2 Å². The summed E-state index contributed by atoms with van der Waals surface area (Å²) in [5.74, 6) is 1.13. The van der Waals surface area contributed by atoms with E-state index >= 15 is 0 Å². The molecule has 142 valence electrons. The molecule has 0 aromatic heterocycles. The van der Waals surface area contributed by atoms with Gasteiger partial charge in [-0.3, -0.25) is 9.59 Å². The van der Waals surface area contributed by atoms with Gasteiger partial charge in [-0.05, 0) is 61.2 Å². The minimum absolute atomic E-state index is 0.0213. The number of rotatable bonds is 5. The second-order valence-electron chi connectivity index (χ2n) is 6.58. The van der Waals surface area contributed by atoms with E-state index in [0.717, 1.165) is 29.7 Å². The van der Waals surface area contributed by atoms with E-state index in [0.29, 0.717) is 23.5 Å². The molecule has 1 aliphatic rings. The Kier molecular flexibility index (Phi) is 5.64. The van der Waals surface area contributed by atoms with Gasteiger partial charge in [0.1, 0.15) is 0 Å². The summed E-state index contributed by atoms with van der Waals surface area (Å²) in [6, 6.07) is 10.8. The molecule has 0 aliphatic carbocycles. The lowest BCUT2D eigenvalue weighted by Crippen LogP contribution is -2.26. The van der Waals surface area contributed by atoms with Gasteiger partial charge in [-0.15, -0.1) is 0 Å². The Hall–Kier alpha value is -3.02. The van der Waals surface area contributed by atoms with Gasteiger partial charge in [0.25, 0.3) is 5.91 Å². The van der Waals surface area contributed by atoms with Crippen molar-refractivity contribution in [1.82, 2.24) is 5.32 Å². The van der Waals surface area contributed by atoms with Crippen LogP contribution in [0.5, 0.6) is 11.5 Å². The van der Waals surface area contributed by atoms with Crippen molar-refractivity contribution >= 4 is 17.5 Å². The maximum absolute atomic E-state index is 12.7. The number of fused-ring (bicyclic) bond motifs is 1. The molecule has 3 rings (SSSR count). The fraction of sp³-hybridized carbons (Fsp3) is 0.333. The van der Waals surface area contributed by atoms with Crippen molar-refractivity contribution in [2.24, 2.45) is 0 Å². The van der Waals surface area contributed by atoms with Crippen molar-refractivity contribution in [2.45, 2.75) is 32.2 Å². The molecule has 2 amide bonds. The fourth-order valence-electron chi connectivity index (χ4n) is 3.20. The molecule has 1 atom stereocenters. The summed E-state index contributed by atoms with van der Waals surface area (Å²) in [6.07, 6.45) is 2.07. The molecule has 1 aliphatic heterocycles. The Morgan fingerprint density at radius 2 is 1.85 bits per heavy atom. The molecule has 6 heteroatoms. The molecule has 0 saturated carbocycles. The number of amides is 2. The predicted octanol–water partition coefficient (Wildman–Crippen LogP) is 3.47. The highest BCUT2D eigenvalue weighted by Crippen LogP contribution is 2.30. The molecule has 6 nitrogen and oxygen atoms in total. The summed E-state index contributed by atoms with van der Waals surface area (Å²) < 4.78 is 10.6. The molecule has 27 heavy (non-hydrogen) atoms. The Morgan fingerprint density at radius 3 is 2.59 bits per heavy atom. The highest BCUT2D eigenvalue weighted by atomic mass is 16.5. The van der Waals surface area contributed by atoms with Gasteiger partial charge in [-0.2, -0.15) is 0 Å². The SMILES string of the molecule is COc1ccc(C(C)NC(=O)c2ccc3c(c2)CCCC(=O)N3)cc1OC. The zero-order valence-corrected chi connectivity index (χ0v) is 15.8. The van der Waals surface area contributed by atoms with E-state index in [4.69, 9.17) is 9.47 Å². The van der Waals surface area contributed by atoms with Gasteiger partial charge in [-0.25, -0.2) is 0 Å². The smallest absolute Gasteiger partial charge is 0.251 e. The van der Waals surface area contributed by atoms with Gasteiger partial charge in [0, 0.05) is 17.7 Å².